The molecule has 166 valence electrons. The van der Waals surface area contributed by atoms with Gasteiger partial charge in [-0.25, -0.2) is 12.8 Å². The summed E-state index contributed by atoms with van der Waals surface area (Å²) in [5, 5.41) is 2.89. The van der Waals surface area contributed by atoms with Crippen LogP contribution in [0.1, 0.15) is 15.9 Å². The summed E-state index contributed by atoms with van der Waals surface area (Å²) in [7, 11) is -4.04. The summed E-state index contributed by atoms with van der Waals surface area (Å²) < 4.78 is 41.8. The molecule has 0 spiro atoms. The van der Waals surface area contributed by atoms with E-state index in [1.165, 1.54) is 25.1 Å². The van der Waals surface area contributed by atoms with E-state index in [9.17, 15) is 17.6 Å². The van der Waals surface area contributed by atoms with Crippen molar-refractivity contribution in [3.8, 4) is 11.1 Å². The van der Waals surface area contributed by atoms with Crippen molar-refractivity contribution in [2.75, 3.05) is 10.0 Å². The second kappa shape index (κ2) is 9.26. The Morgan fingerprint density at radius 1 is 0.788 bits per heavy atom. The number of sulfonamides is 1. The number of amides is 1. The molecule has 0 saturated heterocycles. The number of rotatable bonds is 6. The average Bonchev–Trinajstić information content (AvgIpc) is 2.80. The molecule has 2 N–H and O–H groups in total. The Balaban J connectivity index is 1.64. The topological polar surface area (TPSA) is 75.3 Å². The van der Waals surface area contributed by atoms with Gasteiger partial charge in [0, 0.05) is 11.3 Å². The summed E-state index contributed by atoms with van der Waals surface area (Å²) in [4.78, 5) is 13.1. The SMILES string of the molecule is Cc1cc(F)ccc1S(=O)(=O)Nc1ccccc1C(=O)Nc1ccccc1-c1ccccc1. The molecule has 33 heavy (non-hydrogen) atoms. The van der Waals surface area contributed by atoms with Crippen molar-refractivity contribution in [2.45, 2.75) is 11.8 Å². The first-order valence-electron chi connectivity index (χ1n) is 10.2. The van der Waals surface area contributed by atoms with Crippen LogP contribution in [0, 0.1) is 12.7 Å². The van der Waals surface area contributed by atoms with Crippen LogP contribution < -0.4 is 10.0 Å². The maximum atomic E-state index is 13.4. The van der Waals surface area contributed by atoms with Crippen LogP contribution in [0.15, 0.2) is 102 Å². The minimum absolute atomic E-state index is 0.0615. The Morgan fingerprint density at radius 2 is 1.42 bits per heavy atom. The Hall–Kier alpha value is -3.97. The van der Waals surface area contributed by atoms with Gasteiger partial charge in [-0.05, 0) is 54.4 Å². The number of carbonyl (C=O) groups excluding carboxylic acids is 1. The number of anilines is 2. The second-order valence-corrected chi connectivity index (χ2v) is 9.08. The second-order valence-electron chi connectivity index (χ2n) is 7.43. The van der Waals surface area contributed by atoms with E-state index < -0.39 is 21.7 Å². The van der Waals surface area contributed by atoms with E-state index >= 15 is 0 Å². The van der Waals surface area contributed by atoms with Crippen LogP contribution in [0.4, 0.5) is 15.8 Å². The summed E-state index contributed by atoms with van der Waals surface area (Å²) in [6.45, 7) is 1.51. The fourth-order valence-electron chi connectivity index (χ4n) is 3.54. The molecule has 1 amide bonds. The molecule has 0 saturated carbocycles. The summed E-state index contributed by atoms with van der Waals surface area (Å²) >= 11 is 0. The van der Waals surface area contributed by atoms with Crippen molar-refractivity contribution in [3.63, 3.8) is 0 Å². The molecule has 4 aromatic carbocycles. The number of halogens is 1. The van der Waals surface area contributed by atoms with Gasteiger partial charge in [0.15, 0.2) is 0 Å². The van der Waals surface area contributed by atoms with Crippen molar-refractivity contribution < 1.29 is 17.6 Å². The van der Waals surface area contributed by atoms with Crippen LogP contribution in [-0.2, 0) is 10.0 Å². The van der Waals surface area contributed by atoms with Gasteiger partial charge in [0.05, 0.1) is 16.1 Å². The molecule has 0 unspecified atom stereocenters. The van der Waals surface area contributed by atoms with Crippen molar-refractivity contribution in [2.24, 2.45) is 0 Å². The molecule has 0 heterocycles. The molecule has 0 aliphatic heterocycles. The third-order valence-electron chi connectivity index (χ3n) is 5.10. The number of aryl methyl sites for hydroxylation is 1. The van der Waals surface area contributed by atoms with Crippen LogP contribution in [-0.4, -0.2) is 14.3 Å². The molecule has 0 aromatic heterocycles. The molecule has 7 heteroatoms. The van der Waals surface area contributed by atoms with Gasteiger partial charge in [0.25, 0.3) is 15.9 Å². The van der Waals surface area contributed by atoms with Crippen LogP contribution in [0.3, 0.4) is 0 Å². The molecule has 4 aromatic rings. The van der Waals surface area contributed by atoms with E-state index in [0.717, 1.165) is 23.3 Å². The predicted molar refractivity (Wildman–Crippen MR) is 128 cm³/mol. The fourth-order valence-corrected chi connectivity index (χ4v) is 4.84. The largest absolute Gasteiger partial charge is 0.321 e. The molecule has 0 radical (unpaired) electrons. The van der Waals surface area contributed by atoms with E-state index in [2.05, 4.69) is 10.0 Å². The summed E-state index contributed by atoms with van der Waals surface area (Å²) in [5.41, 5.74) is 2.92. The van der Waals surface area contributed by atoms with Crippen LogP contribution in [0.5, 0.6) is 0 Å². The lowest BCUT2D eigenvalue weighted by Crippen LogP contribution is -2.19. The van der Waals surface area contributed by atoms with E-state index in [1.807, 2.05) is 48.5 Å². The molecule has 5 nitrogen and oxygen atoms in total. The van der Waals surface area contributed by atoms with Gasteiger partial charge in [-0.15, -0.1) is 0 Å². The standard InChI is InChI=1S/C26H21FN2O3S/c1-18-17-20(27)15-16-25(18)33(31,32)29-24-14-8-6-12-22(24)26(30)28-23-13-7-5-11-21(23)19-9-3-2-4-10-19/h2-17,29H,1H3,(H,28,30). The Kier molecular flexibility index (Phi) is 6.24. The van der Waals surface area contributed by atoms with Gasteiger partial charge in [-0.3, -0.25) is 9.52 Å². The number of benzene rings is 4. The van der Waals surface area contributed by atoms with E-state index in [0.29, 0.717) is 5.69 Å². The highest BCUT2D eigenvalue weighted by atomic mass is 32.2. The zero-order valence-electron chi connectivity index (χ0n) is 17.7. The van der Waals surface area contributed by atoms with Gasteiger partial charge >= 0.3 is 0 Å². The minimum Gasteiger partial charge on any atom is -0.321 e. The smallest absolute Gasteiger partial charge is 0.262 e. The van der Waals surface area contributed by atoms with Gasteiger partial charge in [0.2, 0.25) is 0 Å². The van der Waals surface area contributed by atoms with Crippen molar-refractivity contribution in [1.29, 1.82) is 0 Å². The maximum absolute atomic E-state index is 13.4. The van der Waals surface area contributed by atoms with E-state index in [1.54, 1.807) is 18.2 Å². The molecular formula is C26H21FN2O3S. The predicted octanol–water partition coefficient (Wildman–Crippen LogP) is 5.85. The third kappa shape index (κ3) is 4.94. The first-order chi connectivity index (χ1) is 15.8. The van der Waals surface area contributed by atoms with Crippen LogP contribution >= 0.6 is 0 Å². The summed E-state index contributed by atoms with van der Waals surface area (Å²) in [6.07, 6.45) is 0. The highest BCUT2D eigenvalue weighted by Gasteiger charge is 2.21. The normalized spacial score (nSPS) is 11.1. The first kappa shape index (κ1) is 22.2. The van der Waals surface area contributed by atoms with Gasteiger partial charge < -0.3 is 5.32 Å². The Labute approximate surface area is 192 Å². The third-order valence-corrected chi connectivity index (χ3v) is 6.63. The number of nitrogens with one attached hydrogen (secondary N) is 2. The molecule has 0 aliphatic carbocycles. The lowest BCUT2D eigenvalue weighted by atomic mass is 10.0. The fraction of sp³-hybridized carbons (Fsp3) is 0.0385. The molecule has 0 aliphatic rings. The zero-order valence-corrected chi connectivity index (χ0v) is 18.6. The molecule has 0 atom stereocenters. The van der Waals surface area contributed by atoms with Crippen molar-refractivity contribution in [1.82, 2.24) is 0 Å². The Morgan fingerprint density at radius 3 is 2.15 bits per heavy atom. The van der Waals surface area contributed by atoms with Crippen LogP contribution in [0.25, 0.3) is 11.1 Å². The van der Waals surface area contributed by atoms with Crippen molar-refractivity contribution in [3.05, 3.63) is 114 Å². The van der Waals surface area contributed by atoms with E-state index in [4.69, 9.17) is 0 Å². The quantitative estimate of drug-likeness (QED) is 0.379. The highest BCUT2D eigenvalue weighted by molar-refractivity contribution is 7.92. The summed E-state index contributed by atoms with van der Waals surface area (Å²) in [5.74, 6) is -0.990. The summed E-state index contributed by atoms with van der Waals surface area (Å²) in [6, 6.07) is 26.8. The van der Waals surface area contributed by atoms with E-state index in [-0.39, 0.29) is 21.7 Å². The molecular weight excluding hydrogens is 439 g/mol. The number of hydrogen-bond donors (Lipinski definition) is 2. The van der Waals surface area contributed by atoms with Gasteiger partial charge in [-0.1, -0.05) is 60.7 Å². The van der Waals surface area contributed by atoms with Gasteiger partial charge in [0.1, 0.15) is 5.82 Å². The van der Waals surface area contributed by atoms with Crippen molar-refractivity contribution >= 4 is 27.3 Å². The maximum Gasteiger partial charge on any atom is 0.262 e. The molecule has 0 bridgehead atoms. The first-order valence-corrected chi connectivity index (χ1v) is 11.7. The van der Waals surface area contributed by atoms with Crippen LogP contribution in [0.2, 0.25) is 0 Å². The average molecular weight is 461 g/mol. The number of para-hydroxylation sites is 2. The monoisotopic (exact) mass is 460 g/mol. The highest BCUT2D eigenvalue weighted by Crippen LogP contribution is 2.29. The van der Waals surface area contributed by atoms with Gasteiger partial charge in [-0.2, -0.15) is 0 Å². The lowest BCUT2D eigenvalue weighted by molar-refractivity contribution is 0.102. The molecule has 0 fully saturated rings. The minimum atomic E-state index is -4.04. The number of hydrogen-bond acceptors (Lipinski definition) is 3. The number of carbonyl (C=O) groups is 1. The lowest BCUT2D eigenvalue weighted by Gasteiger charge is -2.15. The zero-order chi connectivity index (χ0) is 23.4. The molecule has 4 rings (SSSR count). The Bertz CT molecular complexity index is 1420.